The fraction of sp³-hybridized carbons (Fsp3) is 0.273. The van der Waals surface area contributed by atoms with Gasteiger partial charge < -0.3 is 26.4 Å². The van der Waals surface area contributed by atoms with E-state index in [1.807, 2.05) is 18.2 Å². The summed E-state index contributed by atoms with van der Waals surface area (Å²) in [7, 11) is 0. The quantitative estimate of drug-likeness (QED) is 0.419. The lowest BCUT2D eigenvalue weighted by atomic mass is 10.1. The first kappa shape index (κ1) is 23.4. The molecule has 2 aromatic rings. The Labute approximate surface area is 180 Å². The first-order chi connectivity index (χ1) is 14.7. The van der Waals surface area contributed by atoms with Crippen LogP contribution in [0.4, 0.5) is 21.9 Å². The molecule has 4 amide bonds. The second kappa shape index (κ2) is 11.3. The summed E-state index contributed by atoms with van der Waals surface area (Å²) in [6.45, 7) is 3.19. The maximum atomic E-state index is 12.2. The van der Waals surface area contributed by atoms with Crippen LogP contribution < -0.4 is 21.3 Å². The van der Waals surface area contributed by atoms with E-state index in [-0.39, 0.29) is 30.7 Å². The summed E-state index contributed by atoms with van der Waals surface area (Å²) in [4.78, 5) is 46.9. The Morgan fingerprint density at radius 3 is 1.84 bits per heavy atom. The minimum atomic E-state index is -1.01. The van der Waals surface area contributed by atoms with Crippen molar-refractivity contribution in [3.8, 4) is 0 Å². The van der Waals surface area contributed by atoms with Crippen molar-refractivity contribution < 1.29 is 24.3 Å². The van der Waals surface area contributed by atoms with E-state index >= 15 is 0 Å². The molecule has 2 rings (SSSR count). The first-order valence-corrected chi connectivity index (χ1v) is 9.78. The number of benzene rings is 2. The molecule has 0 radical (unpaired) electrons. The van der Waals surface area contributed by atoms with Crippen LogP contribution in [0.25, 0.3) is 0 Å². The van der Waals surface area contributed by atoms with Crippen molar-refractivity contribution in [3.63, 3.8) is 0 Å². The largest absolute Gasteiger partial charge is 0.481 e. The van der Waals surface area contributed by atoms with Gasteiger partial charge in [-0.15, -0.1) is 0 Å². The first-order valence-electron chi connectivity index (χ1n) is 9.78. The van der Waals surface area contributed by atoms with Crippen LogP contribution in [0.3, 0.4) is 0 Å². The third kappa shape index (κ3) is 8.57. The normalized spacial score (nSPS) is 12.2. The van der Waals surface area contributed by atoms with Gasteiger partial charge in [0.05, 0.1) is 6.42 Å². The second-order valence-electron chi connectivity index (χ2n) is 7.18. The molecular formula is C22H26N4O5. The number of rotatable bonds is 9. The number of anilines is 3. The molecule has 9 heteroatoms. The fourth-order valence-corrected chi connectivity index (χ4v) is 2.73. The highest BCUT2D eigenvalue weighted by Crippen LogP contribution is 2.15. The van der Waals surface area contributed by atoms with Crippen LogP contribution in [0, 0.1) is 5.92 Å². The number of hydrogen-bond donors (Lipinski definition) is 5. The second-order valence-corrected chi connectivity index (χ2v) is 7.18. The van der Waals surface area contributed by atoms with Gasteiger partial charge in [0.15, 0.2) is 0 Å². The molecule has 164 valence electrons. The maximum Gasteiger partial charge on any atom is 0.323 e. The molecule has 0 heterocycles. The van der Waals surface area contributed by atoms with Gasteiger partial charge >= 0.3 is 12.0 Å². The highest BCUT2D eigenvalue weighted by molar-refractivity contribution is 6.00. The van der Waals surface area contributed by atoms with E-state index in [2.05, 4.69) is 21.3 Å². The molecule has 0 aliphatic rings. The van der Waals surface area contributed by atoms with E-state index in [9.17, 15) is 19.2 Å². The van der Waals surface area contributed by atoms with Gasteiger partial charge in [-0.05, 0) is 43.3 Å². The SMILES string of the molecule is C[C@H](CC(=O)O)NC(=O)[C@H](C)CC(=O)Nc1ccc(NC(=O)Nc2ccccc2)cc1. The molecule has 31 heavy (non-hydrogen) atoms. The van der Waals surface area contributed by atoms with E-state index < -0.39 is 17.9 Å². The van der Waals surface area contributed by atoms with Crippen LogP contribution in [0.15, 0.2) is 54.6 Å². The van der Waals surface area contributed by atoms with Crippen molar-refractivity contribution >= 4 is 40.9 Å². The van der Waals surface area contributed by atoms with Gasteiger partial charge in [-0.2, -0.15) is 0 Å². The molecule has 2 aromatic carbocycles. The summed E-state index contributed by atoms with van der Waals surface area (Å²) >= 11 is 0. The van der Waals surface area contributed by atoms with E-state index in [1.165, 1.54) is 0 Å². The molecule has 0 saturated carbocycles. The average Bonchev–Trinajstić information content (AvgIpc) is 2.69. The summed E-state index contributed by atoms with van der Waals surface area (Å²) in [5, 5.41) is 19.4. The van der Waals surface area contributed by atoms with Crippen molar-refractivity contribution in [1.29, 1.82) is 0 Å². The van der Waals surface area contributed by atoms with Crippen LogP contribution in [0.2, 0.25) is 0 Å². The number of carbonyl (C=O) groups is 4. The van der Waals surface area contributed by atoms with Crippen molar-refractivity contribution in [3.05, 3.63) is 54.6 Å². The average molecular weight is 426 g/mol. The Bertz CT molecular complexity index is 915. The number of aliphatic carboxylic acids is 1. The molecule has 0 fully saturated rings. The van der Waals surface area contributed by atoms with E-state index in [0.29, 0.717) is 17.1 Å². The van der Waals surface area contributed by atoms with Gasteiger partial charge in [0, 0.05) is 35.4 Å². The summed E-state index contributed by atoms with van der Waals surface area (Å²) < 4.78 is 0. The van der Waals surface area contributed by atoms with Crippen LogP contribution in [0.5, 0.6) is 0 Å². The Kier molecular flexibility index (Phi) is 8.56. The lowest BCUT2D eigenvalue weighted by molar-refractivity contribution is -0.138. The van der Waals surface area contributed by atoms with Crippen LogP contribution in [-0.4, -0.2) is 35.0 Å². The smallest absolute Gasteiger partial charge is 0.323 e. The molecule has 0 spiro atoms. The van der Waals surface area contributed by atoms with Gasteiger partial charge in [-0.25, -0.2) is 4.79 Å². The van der Waals surface area contributed by atoms with Crippen molar-refractivity contribution in [2.24, 2.45) is 5.92 Å². The zero-order valence-corrected chi connectivity index (χ0v) is 17.3. The van der Waals surface area contributed by atoms with Crippen LogP contribution >= 0.6 is 0 Å². The van der Waals surface area contributed by atoms with E-state index in [1.54, 1.807) is 50.2 Å². The monoisotopic (exact) mass is 426 g/mol. The number of urea groups is 1. The predicted molar refractivity (Wildman–Crippen MR) is 118 cm³/mol. The number of carbonyl (C=O) groups excluding carboxylic acids is 3. The van der Waals surface area contributed by atoms with Crippen molar-refractivity contribution in [1.82, 2.24) is 5.32 Å². The Balaban J connectivity index is 1.79. The molecule has 9 nitrogen and oxygen atoms in total. The summed E-state index contributed by atoms with van der Waals surface area (Å²) in [5.41, 5.74) is 1.73. The topological polar surface area (TPSA) is 137 Å². The number of carboxylic acids is 1. The molecule has 0 bridgehead atoms. The van der Waals surface area contributed by atoms with Gasteiger partial charge in [-0.3, -0.25) is 14.4 Å². The van der Waals surface area contributed by atoms with Gasteiger partial charge in [0.1, 0.15) is 0 Å². The number of carboxylic acid groups (broad SMARTS) is 1. The minimum Gasteiger partial charge on any atom is -0.481 e. The van der Waals surface area contributed by atoms with Crippen LogP contribution in [-0.2, 0) is 14.4 Å². The minimum absolute atomic E-state index is 0.0505. The zero-order valence-electron chi connectivity index (χ0n) is 17.3. The lowest BCUT2D eigenvalue weighted by Crippen LogP contribution is -2.38. The summed E-state index contributed by atoms with van der Waals surface area (Å²) in [6.07, 6.45) is -0.237. The molecule has 0 aromatic heterocycles. The fourth-order valence-electron chi connectivity index (χ4n) is 2.73. The molecule has 0 unspecified atom stereocenters. The number of para-hydroxylation sites is 1. The summed E-state index contributed by atoms with van der Waals surface area (Å²) in [6, 6.07) is 14.7. The molecule has 0 aliphatic heterocycles. The number of nitrogens with one attached hydrogen (secondary N) is 4. The Hall–Kier alpha value is -3.88. The van der Waals surface area contributed by atoms with Gasteiger partial charge in [-0.1, -0.05) is 25.1 Å². The predicted octanol–water partition coefficient (Wildman–Crippen LogP) is 3.27. The van der Waals surface area contributed by atoms with E-state index in [0.717, 1.165) is 0 Å². The van der Waals surface area contributed by atoms with Gasteiger partial charge in [0.25, 0.3) is 0 Å². The third-order valence-corrected chi connectivity index (χ3v) is 4.27. The highest BCUT2D eigenvalue weighted by Gasteiger charge is 2.19. The van der Waals surface area contributed by atoms with Crippen molar-refractivity contribution in [2.75, 3.05) is 16.0 Å². The zero-order chi connectivity index (χ0) is 22.8. The lowest BCUT2D eigenvalue weighted by Gasteiger charge is -2.16. The molecular weight excluding hydrogens is 400 g/mol. The third-order valence-electron chi connectivity index (χ3n) is 4.27. The molecule has 0 aliphatic carbocycles. The summed E-state index contributed by atoms with van der Waals surface area (Å²) in [5.74, 6) is -2.35. The van der Waals surface area contributed by atoms with Gasteiger partial charge in [0.2, 0.25) is 11.8 Å². The molecule has 5 N–H and O–H groups in total. The highest BCUT2D eigenvalue weighted by atomic mass is 16.4. The number of amides is 4. The van der Waals surface area contributed by atoms with Crippen molar-refractivity contribution in [2.45, 2.75) is 32.7 Å². The van der Waals surface area contributed by atoms with Crippen LogP contribution in [0.1, 0.15) is 26.7 Å². The maximum absolute atomic E-state index is 12.2. The Morgan fingerprint density at radius 1 is 0.774 bits per heavy atom. The van der Waals surface area contributed by atoms with E-state index in [4.69, 9.17) is 5.11 Å². The molecule has 0 saturated heterocycles. The molecule has 2 atom stereocenters. The number of hydrogen-bond acceptors (Lipinski definition) is 4. The standard InChI is InChI=1S/C22H26N4O5/c1-14(21(30)23-15(2)13-20(28)29)12-19(27)24-17-8-10-18(11-9-17)26-22(31)25-16-6-4-3-5-7-16/h3-11,14-15H,12-13H2,1-2H3,(H,23,30)(H,24,27)(H,28,29)(H2,25,26,31)/t14-,15-/m1/s1. The Morgan fingerprint density at radius 2 is 1.29 bits per heavy atom.